The van der Waals surface area contributed by atoms with Crippen LogP contribution in [-0.4, -0.2) is 9.55 Å². The summed E-state index contributed by atoms with van der Waals surface area (Å²) in [4.78, 5) is 9.71. The van der Waals surface area contributed by atoms with Gasteiger partial charge in [0, 0.05) is 78.0 Å². The standard InChI is InChI=1S/C67H61N4O.Pt/c1-44-38-63(68-42-58(44)47-28-32-49(33-29-47)66(5,6)7)71-59-37-34-50(67(8,9)10)39-57(59)56-36-35-53(41-62(56)71)72-52-21-16-20-51(40-52)69-43-70(61-25-15-14-24-60(61)69)64-54(45-18-12-11-13-19-45)22-17-23-55(64)46-26-30-48(31-27-46)65(2,3)4;/h11-39,42-43H,1-10H3;/q-3;. The zero-order valence-electron chi connectivity index (χ0n) is 43.4. The number of para-hydroxylation sites is 3. The molecule has 0 radical (unpaired) electrons. The summed E-state index contributed by atoms with van der Waals surface area (Å²) in [5.74, 6) is 2.01. The number of nitrogens with zero attached hydrogens (tertiary/aromatic N) is 4. The van der Waals surface area contributed by atoms with Gasteiger partial charge in [-0.15, -0.1) is 48.1 Å². The number of rotatable bonds is 8. The molecule has 11 rings (SSSR count). The van der Waals surface area contributed by atoms with Crippen LogP contribution in [0.1, 0.15) is 84.6 Å². The van der Waals surface area contributed by atoms with Gasteiger partial charge in [-0.25, -0.2) is 4.98 Å². The van der Waals surface area contributed by atoms with Gasteiger partial charge in [-0.2, -0.15) is 12.1 Å². The summed E-state index contributed by atoms with van der Waals surface area (Å²) in [5.41, 5.74) is 18.1. The monoisotopic (exact) mass is 1130 g/mol. The normalized spacial score (nSPS) is 12.8. The molecule has 2 aromatic heterocycles. The van der Waals surface area contributed by atoms with Gasteiger partial charge in [0.1, 0.15) is 5.82 Å². The number of fused-ring (bicyclic) bond motifs is 4. The largest absolute Gasteiger partial charge is 0.509 e. The van der Waals surface area contributed by atoms with E-state index in [1.807, 2.05) is 24.4 Å². The zero-order valence-corrected chi connectivity index (χ0v) is 45.7. The van der Waals surface area contributed by atoms with Crippen LogP contribution in [0.2, 0.25) is 0 Å². The fourth-order valence-corrected chi connectivity index (χ4v) is 10.1. The summed E-state index contributed by atoms with van der Waals surface area (Å²) in [5, 5.41) is 2.24. The van der Waals surface area contributed by atoms with Gasteiger partial charge in [0.2, 0.25) is 0 Å². The van der Waals surface area contributed by atoms with Gasteiger partial charge in [-0.05, 0) is 91.8 Å². The number of anilines is 4. The molecule has 0 amide bonds. The quantitative estimate of drug-likeness (QED) is 0.142. The molecule has 0 fully saturated rings. The Kier molecular flexibility index (Phi) is 12.9. The molecule has 0 atom stereocenters. The van der Waals surface area contributed by atoms with Crippen molar-refractivity contribution in [3.63, 3.8) is 0 Å². The van der Waals surface area contributed by atoms with Crippen LogP contribution in [0.15, 0.2) is 182 Å². The molecular weight excluding hydrogens is 1070 g/mol. The van der Waals surface area contributed by atoms with E-state index >= 15 is 0 Å². The molecule has 6 heteroatoms. The fourth-order valence-electron chi connectivity index (χ4n) is 10.1. The Hall–Kier alpha value is -7.20. The Labute approximate surface area is 446 Å². The molecular formula is C67H61N4OPt-3. The van der Waals surface area contributed by atoms with Crippen molar-refractivity contribution in [3.8, 4) is 50.7 Å². The number of hydrogen-bond acceptors (Lipinski definition) is 4. The van der Waals surface area contributed by atoms with E-state index in [-0.39, 0.29) is 37.3 Å². The molecule has 0 aliphatic carbocycles. The van der Waals surface area contributed by atoms with Gasteiger partial charge in [0.15, 0.2) is 0 Å². The molecule has 0 N–H and O–H groups in total. The van der Waals surface area contributed by atoms with E-state index in [0.29, 0.717) is 11.5 Å². The average Bonchev–Trinajstić information content (AvgIpc) is 3.91. The van der Waals surface area contributed by atoms with Gasteiger partial charge in [-0.1, -0.05) is 189 Å². The molecule has 0 spiro atoms. The van der Waals surface area contributed by atoms with Gasteiger partial charge < -0.3 is 19.1 Å². The molecule has 368 valence electrons. The number of benzene rings is 8. The maximum atomic E-state index is 6.77. The second-order valence-electron chi connectivity index (χ2n) is 22.3. The number of hydrogen-bond donors (Lipinski definition) is 0. The van der Waals surface area contributed by atoms with Crippen LogP contribution in [0.3, 0.4) is 0 Å². The Morgan fingerprint density at radius 2 is 1.03 bits per heavy atom. The minimum Gasteiger partial charge on any atom is -0.509 e. The van der Waals surface area contributed by atoms with Crippen molar-refractivity contribution in [1.29, 1.82) is 0 Å². The van der Waals surface area contributed by atoms with Crippen LogP contribution < -0.4 is 14.5 Å². The Bertz CT molecular complexity index is 3650. The molecule has 73 heavy (non-hydrogen) atoms. The van der Waals surface area contributed by atoms with Crippen molar-refractivity contribution in [2.75, 3.05) is 9.80 Å². The van der Waals surface area contributed by atoms with E-state index in [1.54, 1.807) is 0 Å². The second kappa shape index (κ2) is 19.0. The minimum absolute atomic E-state index is 0. The number of pyridine rings is 1. The first kappa shape index (κ1) is 49.4. The van der Waals surface area contributed by atoms with Gasteiger partial charge >= 0.3 is 0 Å². The smallest absolute Gasteiger partial charge is 0.135 e. The van der Waals surface area contributed by atoms with Gasteiger partial charge in [-0.3, -0.25) is 0 Å². The molecule has 0 saturated carbocycles. The van der Waals surface area contributed by atoms with E-state index in [2.05, 4.69) is 260 Å². The summed E-state index contributed by atoms with van der Waals surface area (Å²) in [6.45, 7) is 24.7. The molecule has 1 aliphatic heterocycles. The Balaban J connectivity index is 0.00000611. The number of aryl methyl sites for hydroxylation is 1. The third kappa shape index (κ3) is 9.41. The van der Waals surface area contributed by atoms with Crippen molar-refractivity contribution in [2.45, 2.75) is 85.5 Å². The van der Waals surface area contributed by atoms with Crippen LogP contribution in [0, 0.1) is 25.7 Å². The first-order valence-corrected chi connectivity index (χ1v) is 25.1. The van der Waals surface area contributed by atoms with Gasteiger partial charge in [0.05, 0.1) is 0 Å². The molecule has 8 aromatic carbocycles. The maximum absolute atomic E-state index is 6.77. The van der Waals surface area contributed by atoms with Crippen molar-refractivity contribution >= 4 is 44.6 Å². The SMILES string of the molecule is Cc1cc(-n2c3[c-]c(Oc4[c-]c(N5[CH-]N(c6c(-c7ccccc7)cccc6-c6ccc(C(C)(C)C)cc6)c6ccccc65)ccc4)ccc3c3cc(C(C)(C)C)ccc32)ncc1-c1ccc(C(C)(C)C)cc1.[Pt]. The van der Waals surface area contributed by atoms with Crippen LogP contribution >= 0.6 is 0 Å². The van der Waals surface area contributed by atoms with E-state index in [0.717, 1.165) is 89.3 Å². The zero-order chi connectivity index (χ0) is 50.1. The third-order valence-corrected chi connectivity index (χ3v) is 14.2. The minimum atomic E-state index is -0.0223. The summed E-state index contributed by atoms with van der Waals surface area (Å²) in [6, 6.07) is 70.5. The number of aromatic nitrogens is 2. The van der Waals surface area contributed by atoms with Crippen molar-refractivity contribution in [1.82, 2.24) is 9.55 Å². The first-order valence-electron chi connectivity index (χ1n) is 25.1. The molecule has 0 unspecified atom stereocenters. The maximum Gasteiger partial charge on any atom is 0.135 e. The van der Waals surface area contributed by atoms with Crippen LogP contribution in [0.5, 0.6) is 11.5 Å². The molecule has 3 heterocycles. The fraction of sp³-hybridized carbons (Fsp3) is 0.194. The average molecular weight is 1130 g/mol. The summed E-state index contributed by atoms with van der Waals surface area (Å²) in [7, 11) is 0. The Morgan fingerprint density at radius 3 is 1.64 bits per heavy atom. The van der Waals surface area contributed by atoms with Crippen LogP contribution in [-0.2, 0) is 37.3 Å². The van der Waals surface area contributed by atoms with Crippen molar-refractivity contribution in [2.24, 2.45) is 0 Å². The second-order valence-corrected chi connectivity index (χ2v) is 22.3. The summed E-state index contributed by atoms with van der Waals surface area (Å²) < 4.78 is 9.00. The van der Waals surface area contributed by atoms with E-state index in [1.165, 1.54) is 16.7 Å². The predicted octanol–water partition coefficient (Wildman–Crippen LogP) is 18.2. The molecule has 10 aromatic rings. The van der Waals surface area contributed by atoms with Crippen LogP contribution in [0.4, 0.5) is 22.7 Å². The molecule has 5 nitrogen and oxygen atoms in total. The predicted molar refractivity (Wildman–Crippen MR) is 301 cm³/mol. The van der Waals surface area contributed by atoms with Gasteiger partial charge in [0.25, 0.3) is 0 Å². The topological polar surface area (TPSA) is 33.5 Å². The van der Waals surface area contributed by atoms with E-state index in [4.69, 9.17) is 9.72 Å². The first-order chi connectivity index (χ1) is 34.5. The van der Waals surface area contributed by atoms with Crippen LogP contribution in [0.25, 0.3) is 61.0 Å². The van der Waals surface area contributed by atoms with E-state index < -0.39 is 0 Å². The van der Waals surface area contributed by atoms with E-state index in [9.17, 15) is 0 Å². The molecule has 0 saturated heterocycles. The molecule has 1 aliphatic rings. The van der Waals surface area contributed by atoms with Crippen molar-refractivity contribution in [3.05, 3.63) is 223 Å². The Morgan fingerprint density at radius 1 is 0.479 bits per heavy atom. The third-order valence-electron chi connectivity index (χ3n) is 14.2. The number of ether oxygens (including phenoxy) is 1. The van der Waals surface area contributed by atoms with Crippen molar-refractivity contribution < 1.29 is 25.8 Å². The molecule has 0 bridgehead atoms. The summed E-state index contributed by atoms with van der Waals surface area (Å²) >= 11 is 0. The summed E-state index contributed by atoms with van der Waals surface area (Å²) in [6.07, 6.45) is 2.01.